The maximum Gasteiger partial charge on any atom is 0.123 e. The molecule has 0 unspecified atom stereocenters. The van der Waals surface area contributed by atoms with Crippen LogP contribution in [0.1, 0.15) is 5.56 Å². The van der Waals surface area contributed by atoms with Crippen molar-refractivity contribution in [3.63, 3.8) is 0 Å². The highest BCUT2D eigenvalue weighted by atomic mass is 35.5. The Bertz CT molecular complexity index is 508. The van der Waals surface area contributed by atoms with Gasteiger partial charge in [-0.3, -0.25) is 0 Å². The van der Waals surface area contributed by atoms with Crippen molar-refractivity contribution >= 4 is 29.8 Å². The Morgan fingerprint density at radius 3 is 2.29 bits per heavy atom. The van der Waals surface area contributed by atoms with Crippen molar-refractivity contribution < 1.29 is 4.39 Å². The molecule has 86 valence electrons. The van der Waals surface area contributed by atoms with Gasteiger partial charge in [-0.1, -0.05) is 23.7 Å². The lowest BCUT2D eigenvalue weighted by Gasteiger charge is -1.95. The molecule has 0 aliphatic heterocycles. The van der Waals surface area contributed by atoms with E-state index >= 15 is 0 Å². The van der Waals surface area contributed by atoms with E-state index in [2.05, 4.69) is 4.40 Å². The summed E-state index contributed by atoms with van der Waals surface area (Å²) in [6, 6.07) is 13.6. The van der Waals surface area contributed by atoms with Crippen LogP contribution in [0.5, 0.6) is 0 Å². The molecular formula is C13H9ClFNS. The van der Waals surface area contributed by atoms with Gasteiger partial charge in [0.2, 0.25) is 0 Å². The van der Waals surface area contributed by atoms with E-state index in [0.717, 1.165) is 10.5 Å². The third-order valence-corrected chi connectivity index (χ3v) is 2.99. The van der Waals surface area contributed by atoms with E-state index in [1.54, 1.807) is 18.3 Å². The topological polar surface area (TPSA) is 12.4 Å². The first-order chi connectivity index (χ1) is 8.24. The fraction of sp³-hybridized carbons (Fsp3) is 0. The van der Waals surface area contributed by atoms with Gasteiger partial charge in [-0.15, -0.1) is 0 Å². The van der Waals surface area contributed by atoms with Crippen LogP contribution >= 0.6 is 23.5 Å². The van der Waals surface area contributed by atoms with Crippen molar-refractivity contribution in [3.8, 4) is 0 Å². The second kappa shape index (κ2) is 5.84. The van der Waals surface area contributed by atoms with Crippen LogP contribution in [0.25, 0.3) is 0 Å². The predicted octanol–water partition coefficient (Wildman–Crippen LogP) is 4.61. The molecule has 0 N–H and O–H groups in total. The zero-order valence-electron chi connectivity index (χ0n) is 8.81. The first kappa shape index (κ1) is 12.1. The number of nitrogens with zero attached hydrogens (tertiary/aromatic N) is 1. The summed E-state index contributed by atoms with van der Waals surface area (Å²) in [5.74, 6) is -0.240. The lowest BCUT2D eigenvalue weighted by molar-refractivity contribution is 0.626. The Morgan fingerprint density at radius 2 is 1.65 bits per heavy atom. The minimum atomic E-state index is -0.240. The molecule has 0 heterocycles. The summed E-state index contributed by atoms with van der Waals surface area (Å²) in [7, 11) is 0. The van der Waals surface area contributed by atoms with Gasteiger partial charge in [0.25, 0.3) is 0 Å². The van der Waals surface area contributed by atoms with E-state index in [-0.39, 0.29) is 5.82 Å². The molecular weight excluding hydrogens is 257 g/mol. The van der Waals surface area contributed by atoms with Crippen LogP contribution in [-0.4, -0.2) is 6.21 Å². The monoisotopic (exact) mass is 265 g/mol. The SMILES string of the molecule is Fc1ccc(SN=Cc2ccc(Cl)cc2)cc1. The molecule has 4 heteroatoms. The van der Waals surface area contributed by atoms with Crippen LogP contribution in [0.4, 0.5) is 4.39 Å². The summed E-state index contributed by atoms with van der Waals surface area (Å²) in [5.41, 5.74) is 0.976. The van der Waals surface area contributed by atoms with E-state index in [1.807, 2.05) is 24.3 Å². The Labute approximate surface area is 108 Å². The summed E-state index contributed by atoms with van der Waals surface area (Å²) in [6.45, 7) is 0. The molecule has 0 bridgehead atoms. The predicted molar refractivity (Wildman–Crippen MR) is 71.3 cm³/mol. The zero-order chi connectivity index (χ0) is 12.1. The fourth-order valence-electron chi connectivity index (χ4n) is 1.19. The fourth-order valence-corrected chi connectivity index (χ4v) is 1.87. The third kappa shape index (κ3) is 3.88. The van der Waals surface area contributed by atoms with E-state index in [1.165, 1.54) is 24.1 Å². The van der Waals surface area contributed by atoms with Crippen LogP contribution in [0, 0.1) is 5.82 Å². The maximum atomic E-state index is 12.7. The molecule has 0 aliphatic carbocycles. The van der Waals surface area contributed by atoms with Gasteiger partial charge in [-0.2, -0.15) is 0 Å². The van der Waals surface area contributed by atoms with Crippen LogP contribution in [-0.2, 0) is 0 Å². The molecule has 0 aromatic heterocycles. The van der Waals surface area contributed by atoms with Gasteiger partial charge in [0.05, 0.1) is 0 Å². The van der Waals surface area contributed by atoms with Crippen LogP contribution in [0.2, 0.25) is 5.02 Å². The smallest absolute Gasteiger partial charge is 0.123 e. The highest BCUT2D eigenvalue weighted by Gasteiger charge is 1.93. The Hall–Kier alpha value is -1.32. The molecule has 2 rings (SSSR count). The first-order valence-corrected chi connectivity index (χ1v) is 6.11. The van der Waals surface area contributed by atoms with Gasteiger partial charge >= 0.3 is 0 Å². The lowest BCUT2D eigenvalue weighted by Crippen LogP contribution is -1.78. The Kier molecular flexibility index (Phi) is 4.18. The largest absolute Gasteiger partial charge is 0.219 e. The summed E-state index contributed by atoms with van der Waals surface area (Å²) >= 11 is 7.07. The van der Waals surface area contributed by atoms with Gasteiger partial charge < -0.3 is 0 Å². The van der Waals surface area contributed by atoms with E-state index in [9.17, 15) is 4.39 Å². The second-order valence-electron chi connectivity index (χ2n) is 3.33. The average Bonchev–Trinajstić information content (AvgIpc) is 2.34. The Morgan fingerprint density at radius 1 is 1.00 bits per heavy atom. The molecule has 0 aliphatic rings. The summed E-state index contributed by atoms with van der Waals surface area (Å²) in [4.78, 5) is 0.900. The summed E-state index contributed by atoms with van der Waals surface area (Å²) in [6.07, 6.45) is 1.74. The molecule has 0 amide bonds. The normalized spacial score (nSPS) is 10.9. The lowest BCUT2D eigenvalue weighted by atomic mass is 10.2. The third-order valence-electron chi connectivity index (χ3n) is 2.04. The molecule has 0 saturated carbocycles. The van der Waals surface area contributed by atoms with Crippen molar-refractivity contribution in [3.05, 3.63) is 64.9 Å². The van der Waals surface area contributed by atoms with Crippen LogP contribution in [0.15, 0.2) is 57.8 Å². The number of hydrogen-bond donors (Lipinski definition) is 0. The number of benzene rings is 2. The van der Waals surface area contributed by atoms with Crippen LogP contribution < -0.4 is 0 Å². The molecule has 0 saturated heterocycles. The molecule has 0 spiro atoms. The van der Waals surface area contributed by atoms with Gasteiger partial charge in [-0.25, -0.2) is 8.79 Å². The number of halogens is 2. The summed E-state index contributed by atoms with van der Waals surface area (Å²) < 4.78 is 16.8. The van der Waals surface area contributed by atoms with Crippen molar-refractivity contribution in [2.45, 2.75) is 4.90 Å². The second-order valence-corrected chi connectivity index (χ2v) is 4.63. The molecule has 17 heavy (non-hydrogen) atoms. The van der Waals surface area contributed by atoms with Crippen molar-refractivity contribution in [1.29, 1.82) is 0 Å². The molecule has 1 nitrogen and oxygen atoms in total. The van der Waals surface area contributed by atoms with Crippen molar-refractivity contribution in [2.75, 3.05) is 0 Å². The number of hydrogen-bond acceptors (Lipinski definition) is 2. The standard InChI is InChI=1S/C13H9ClFNS/c14-11-3-1-10(2-4-11)9-16-17-13-7-5-12(15)6-8-13/h1-9H. The maximum absolute atomic E-state index is 12.7. The van der Waals surface area contributed by atoms with Gasteiger partial charge in [-0.05, 0) is 42.0 Å². The quantitative estimate of drug-likeness (QED) is 0.583. The minimum Gasteiger partial charge on any atom is -0.219 e. The molecule has 0 radical (unpaired) electrons. The van der Waals surface area contributed by atoms with Gasteiger partial charge in [0.15, 0.2) is 0 Å². The van der Waals surface area contributed by atoms with Gasteiger partial charge in [0.1, 0.15) is 5.82 Å². The highest BCUT2D eigenvalue weighted by Crippen LogP contribution is 2.19. The van der Waals surface area contributed by atoms with Crippen LogP contribution in [0.3, 0.4) is 0 Å². The Balaban J connectivity index is 1.97. The first-order valence-electron chi connectivity index (χ1n) is 4.95. The van der Waals surface area contributed by atoms with E-state index in [0.29, 0.717) is 5.02 Å². The van der Waals surface area contributed by atoms with Crippen molar-refractivity contribution in [2.24, 2.45) is 4.40 Å². The van der Waals surface area contributed by atoms with E-state index in [4.69, 9.17) is 11.6 Å². The van der Waals surface area contributed by atoms with Gasteiger partial charge in [0, 0.05) is 28.1 Å². The number of rotatable bonds is 3. The molecule has 0 fully saturated rings. The molecule has 2 aromatic rings. The molecule has 0 atom stereocenters. The summed E-state index contributed by atoms with van der Waals surface area (Å²) in [5, 5.41) is 0.702. The van der Waals surface area contributed by atoms with E-state index < -0.39 is 0 Å². The highest BCUT2D eigenvalue weighted by molar-refractivity contribution is 7.98. The molecule has 2 aromatic carbocycles. The minimum absolute atomic E-state index is 0.240. The zero-order valence-corrected chi connectivity index (χ0v) is 10.4. The average molecular weight is 266 g/mol. The van der Waals surface area contributed by atoms with Crippen molar-refractivity contribution in [1.82, 2.24) is 0 Å².